The molecule has 0 aliphatic heterocycles. The second-order valence-electron chi connectivity index (χ2n) is 3.39. The summed E-state index contributed by atoms with van der Waals surface area (Å²) >= 11 is 0. The quantitative estimate of drug-likeness (QED) is 0.790. The lowest BCUT2D eigenvalue weighted by Crippen LogP contribution is -2.13. The standard InChI is InChI=1S/C10H10N4O3/c1-2-6-3-8(15)13-10(12-6)14-4-7(9(16)17)11-5-14/h3-5H,2H2,1H3,(H,16,17)(H,12,13,15). The van der Waals surface area contributed by atoms with E-state index in [4.69, 9.17) is 5.11 Å². The Hall–Kier alpha value is -2.44. The van der Waals surface area contributed by atoms with Gasteiger partial charge in [0, 0.05) is 18.0 Å². The minimum absolute atomic E-state index is 0.102. The average Bonchev–Trinajstić information content (AvgIpc) is 2.77. The molecule has 0 spiro atoms. The molecule has 0 aromatic carbocycles. The van der Waals surface area contributed by atoms with Crippen LogP contribution in [0.4, 0.5) is 0 Å². The monoisotopic (exact) mass is 234 g/mol. The molecule has 0 aliphatic carbocycles. The van der Waals surface area contributed by atoms with E-state index in [2.05, 4.69) is 15.0 Å². The Morgan fingerprint density at radius 2 is 2.35 bits per heavy atom. The second-order valence-corrected chi connectivity index (χ2v) is 3.39. The molecule has 0 unspecified atom stereocenters. The highest BCUT2D eigenvalue weighted by molar-refractivity contribution is 5.85. The van der Waals surface area contributed by atoms with Crippen molar-refractivity contribution < 1.29 is 9.90 Å². The Bertz CT molecular complexity index is 614. The molecule has 7 heteroatoms. The van der Waals surface area contributed by atoms with Gasteiger partial charge in [-0.2, -0.15) is 0 Å². The molecule has 17 heavy (non-hydrogen) atoms. The number of hydrogen-bond donors (Lipinski definition) is 2. The molecular formula is C10H10N4O3. The van der Waals surface area contributed by atoms with E-state index in [-0.39, 0.29) is 17.2 Å². The van der Waals surface area contributed by atoms with Crippen molar-refractivity contribution in [3.63, 3.8) is 0 Å². The maximum absolute atomic E-state index is 11.3. The molecule has 7 nitrogen and oxygen atoms in total. The van der Waals surface area contributed by atoms with Gasteiger partial charge in [-0.15, -0.1) is 0 Å². The van der Waals surface area contributed by atoms with E-state index in [9.17, 15) is 9.59 Å². The van der Waals surface area contributed by atoms with E-state index >= 15 is 0 Å². The van der Waals surface area contributed by atoms with Crippen LogP contribution in [0.15, 0.2) is 23.4 Å². The van der Waals surface area contributed by atoms with E-state index in [0.29, 0.717) is 12.1 Å². The van der Waals surface area contributed by atoms with Crippen LogP contribution < -0.4 is 5.56 Å². The van der Waals surface area contributed by atoms with E-state index in [0.717, 1.165) is 0 Å². The maximum Gasteiger partial charge on any atom is 0.356 e. The highest BCUT2D eigenvalue weighted by Gasteiger charge is 2.09. The van der Waals surface area contributed by atoms with Crippen molar-refractivity contribution in [1.29, 1.82) is 0 Å². The Kier molecular flexibility index (Phi) is 2.73. The van der Waals surface area contributed by atoms with Gasteiger partial charge in [0.25, 0.3) is 5.56 Å². The normalized spacial score (nSPS) is 10.4. The summed E-state index contributed by atoms with van der Waals surface area (Å²) < 4.78 is 1.37. The van der Waals surface area contributed by atoms with Gasteiger partial charge in [-0.1, -0.05) is 6.92 Å². The lowest BCUT2D eigenvalue weighted by atomic mass is 10.3. The molecular weight excluding hydrogens is 224 g/mol. The Morgan fingerprint density at radius 3 is 2.94 bits per heavy atom. The van der Waals surface area contributed by atoms with Gasteiger partial charge in [0.05, 0.1) is 0 Å². The third-order valence-corrected chi connectivity index (χ3v) is 2.19. The summed E-state index contributed by atoms with van der Waals surface area (Å²) in [4.78, 5) is 32.4. The summed E-state index contributed by atoms with van der Waals surface area (Å²) in [5.41, 5.74) is 0.251. The van der Waals surface area contributed by atoms with Crippen molar-refractivity contribution >= 4 is 5.97 Å². The molecule has 2 rings (SSSR count). The fourth-order valence-electron chi connectivity index (χ4n) is 1.35. The number of carboxylic acid groups (broad SMARTS) is 1. The predicted octanol–water partition coefficient (Wildman–Crippen LogP) is 0.216. The Labute approximate surface area is 95.8 Å². The molecule has 0 radical (unpaired) electrons. The van der Waals surface area contributed by atoms with Gasteiger partial charge in [-0.05, 0) is 6.42 Å². The van der Waals surface area contributed by atoms with Crippen LogP contribution in [0.2, 0.25) is 0 Å². The van der Waals surface area contributed by atoms with Crippen molar-refractivity contribution in [1.82, 2.24) is 19.5 Å². The lowest BCUT2D eigenvalue weighted by molar-refractivity contribution is 0.0691. The van der Waals surface area contributed by atoms with Gasteiger partial charge >= 0.3 is 5.97 Å². The number of aromatic nitrogens is 4. The number of aryl methyl sites for hydroxylation is 1. The van der Waals surface area contributed by atoms with E-state index in [1.807, 2.05) is 6.92 Å². The van der Waals surface area contributed by atoms with Crippen molar-refractivity contribution in [3.8, 4) is 5.95 Å². The number of imidazole rings is 1. The Balaban J connectivity index is 2.48. The number of nitrogens with one attached hydrogen (secondary N) is 1. The molecule has 2 heterocycles. The molecule has 0 amide bonds. The summed E-state index contributed by atoms with van der Waals surface area (Å²) in [6, 6.07) is 1.40. The first-order chi connectivity index (χ1) is 8.10. The van der Waals surface area contributed by atoms with Crippen LogP contribution in [0, 0.1) is 0 Å². The van der Waals surface area contributed by atoms with E-state index in [1.54, 1.807) is 0 Å². The average molecular weight is 234 g/mol. The van der Waals surface area contributed by atoms with Gasteiger partial charge in [0.15, 0.2) is 5.69 Å². The van der Waals surface area contributed by atoms with Gasteiger partial charge < -0.3 is 5.11 Å². The molecule has 0 aliphatic rings. The topological polar surface area (TPSA) is 101 Å². The largest absolute Gasteiger partial charge is 0.476 e. The first-order valence-electron chi connectivity index (χ1n) is 4.98. The minimum Gasteiger partial charge on any atom is -0.476 e. The number of nitrogens with zero attached hydrogens (tertiary/aromatic N) is 3. The zero-order chi connectivity index (χ0) is 12.4. The van der Waals surface area contributed by atoms with Crippen LogP contribution in [-0.4, -0.2) is 30.6 Å². The third kappa shape index (κ3) is 2.22. The molecule has 2 aromatic rings. The first-order valence-corrected chi connectivity index (χ1v) is 4.98. The number of carbonyl (C=O) groups is 1. The summed E-state index contributed by atoms with van der Waals surface area (Å²) in [6.07, 6.45) is 3.21. The number of H-pyrrole nitrogens is 1. The Morgan fingerprint density at radius 1 is 1.59 bits per heavy atom. The van der Waals surface area contributed by atoms with Gasteiger partial charge in [0.1, 0.15) is 6.33 Å². The smallest absolute Gasteiger partial charge is 0.356 e. The van der Waals surface area contributed by atoms with Gasteiger partial charge in [0.2, 0.25) is 5.95 Å². The summed E-state index contributed by atoms with van der Waals surface area (Å²) in [5, 5.41) is 8.73. The number of aromatic carboxylic acids is 1. The van der Waals surface area contributed by atoms with E-state index in [1.165, 1.54) is 23.2 Å². The van der Waals surface area contributed by atoms with Crippen molar-refractivity contribution in [2.45, 2.75) is 13.3 Å². The lowest BCUT2D eigenvalue weighted by Gasteiger charge is -2.01. The molecule has 0 bridgehead atoms. The van der Waals surface area contributed by atoms with Crippen LogP contribution in [0.25, 0.3) is 5.95 Å². The molecule has 0 saturated carbocycles. The van der Waals surface area contributed by atoms with Crippen LogP contribution in [-0.2, 0) is 6.42 Å². The number of rotatable bonds is 3. The first kappa shape index (κ1) is 11.1. The molecule has 88 valence electrons. The fourth-order valence-corrected chi connectivity index (χ4v) is 1.35. The summed E-state index contributed by atoms with van der Waals surface area (Å²) in [6.45, 7) is 1.88. The fraction of sp³-hybridized carbons (Fsp3) is 0.200. The number of carboxylic acids is 1. The number of aromatic amines is 1. The van der Waals surface area contributed by atoms with Gasteiger partial charge in [-0.3, -0.25) is 14.3 Å². The highest BCUT2D eigenvalue weighted by Crippen LogP contribution is 2.03. The molecule has 0 saturated heterocycles. The van der Waals surface area contributed by atoms with E-state index < -0.39 is 5.97 Å². The minimum atomic E-state index is -1.13. The molecule has 2 aromatic heterocycles. The zero-order valence-electron chi connectivity index (χ0n) is 9.04. The SMILES string of the molecule is CCc1cc(=O)[nH]c(-n2cnc(C(=O)O)c2)n1. The van der Waals surface area contributed by atoms with Crippen molar-refractivity contribution in [2.75, 3.05) is 0 Å². The van der Waals surface area contributed by atoms with Crippen LogP contribution in [0.1, 0.15) is 23.1 Å². The van der Waals surface area contributed by atoms with Crippen LogP contribution in [0.5, 0.6) is 0 Å². The third-order valence-electron chi connectivity index (χ3n) is 2.19. The maximum atomic E-state index is 11.3. The highest BCUT2D eigenvalue weighted by atomic mass is 16.4. The predicted molar refractivity (Wildman–Crippen MR) is 58.3 cm³/mol. The van der Waals surface area contributed by atoms with Crippen LogP contribution in [0.3, 0.4) is 0 Å². The van der Waals surface area contributed by atoms with Gasteiger partial charge in [-0.25, -0.2) is 14.8 Å². The van der Waals surface area contributed by atoms with Crippen LogP contribution >= 0.6 is 0 Å². The summed E-state index contributed by atoms with van der Waals surface area (Å²) in [5.74, 6) is -0.868. The zero-order valence-corrected chi connectivity index (χ0v) is 9.04. The van der Waals surface area contributed by atoms with Crippen molar-refractivity contribution in [3.05, 3.63) is 40.3 Å². The summed E-state index contributed by atoms with van der Waals surface area (Å²) in [7, 11) is 0. The van der Waals surface area contributed by atoms with Crippen molar-refractivity contribution in [2.24, 2.45) is 0 Å². The second kappa shape index (κ2) is 4.20. The molecule has 0 fully saturated rings. The molecule has 2 N–H and O–H groups in total. The molecule has 0 atom stereocenters. The number of hydrogen-bond acceptors (Lipinski definition) is 4.